The average Bonchev–Trinajstić information content (AvgIpc) is 3.01. The molecule has 0 radical (unpaired) electrons. The molecule has 2 aromatic rings. The van der Waals surface area contributed by atoms with E-state index in [9.17, 15) is 36.7 Å². The lowest BCUT2D eigenvalue weighted by Crippen LogP contribution is -2.52. The molecular formula is C23H19BrF4N4O4. The lowest BCUT2D eigenvalue weighted by atomic mass is 9.82. The smallest absolute Gasteiger partial charge is 0.326 e. The molecule has 36 heavy (non-hydrogen) atoms. The molecule has 2 N–H and O–H groups in total. The van der Waals surface area contributed by atoms with Crippen molar-refractivity contribution in [1.82, 2.24) is 15.1 Å². The Bertz CT molecular complexity index is 1250. The van der Waals surface area contributed by atoms with Gasteiger partial charge >= 0.3 is 12.2 Å². The first-order valence-corrected chi connectivity index (χ1v) is 11.5. The maximum absolute atomic E-state index is 13.6. The fraction of sp³-hybridized carbons (Fsp3) is 0.304. The number of alkyl halides is 3. The highest BCUT2D eigenvalue weighted by Crippen LogP contribution is 2.41. The average molecular weight is 571 g/mol. The van der Waals surface area contributed by atoms with Crippen LogP contribution in [0.4, 0.5) is 28.0 Å². The molecule has 2 heterocycles. The van der Waals surface area contributed by atoms with Crippen LogP contribution in [-0.2, 0) is 26.5 Å². The maximum atomic E-state index is 13.6. The monoisotopic (exact) mass is 570 g/mol. The lowest BCUT2D eigenvalue weighted by molar-refractivity contribution is -0.187. The molecule has 0 aliphatic carbocycles. The van der Waals surface area contributed by atoms with Crippen molar-refractivity contribution in [2.75, 3.05) is 11.9 Å². The molecular weight excluding hydrogens is 552 g/mol. The van der Waals surface area contributed by atoms with Crippen LogP contribution in [0.3, 0.4) is 0 Å². The van der Waals surface area contributed by atoms with Gasteiger partial charge in [-0.15, -0.1) is 0 Å². The van der Waals surface area contributed by atoms with Crippen LogP contribution >= 0.6 is 15.9 Å². The van der Waals surface area contributed by atoms with Crippen LogP contribution in [0.5, 0.6) is 0 Å². The van der Waals surface area contributed by atoms with Gasteiger partial charge < -0.3 is 15.5 Å². The zero-order valence-electron chi connectivity index (χ0n) is 18.7. The molecule has 1 spiro atoms. The van der Waals surface area contributed by atoms with Crippen LogP contribution in [0, 0.1) is 5.82 Å². The molecule has 2 aliphatic rings. The van der Waals surface area contributed by atoms with Crippen LogP contribution in [0.15, 0.2) is 46.9 Å². The van der Waals surface area contributed by atoms with E-state index in [2.05, 4.69) is 26.6 Å². The Morgan fingerprint density at radius 3 is 2.47 bits per heavy atom. The SMILES string of the molecule is C[C@H](N(Cc1ccc(F)cc1)C(=O)CN1C(=O)NC2(CC(=O)Nc3cc(Br)ccc32)C1=O)C(F)(F)F. The Morgan fingerprint density at radius 2 is 1.83 bits per heavy atom. The van der Waals surface area contributed by atoms with Crippen molar-refractivity contribution in [1.29, 1.82) is 0 Å². The van der Waals surface area contributed by atoms with E-state index in [4.69, 9.17) is 0 Å². The first-order chi connectivity index (χ1) is 16.8. The van der Waals surface area contributed by atoms with E-state index in [-0.39, 0.29) is 16.8 Å². The summed E-state index contributed by atoms with van der Waals surface area (Å²) in [6.07, 6.45) is -5.25. The number of carbonyl (C=O) groups is 4. The van der Waals surface area contributed by atoms with E-state index >= 15 is 0 Å². The molecule has 1 saturated heterocycles. The van der Waals surface area contributed by atoms with Gasteiger partial charge in [0, 0.05) is 22.3 Å². The molecule has 0 aromatic heterocycles. The van der Waals surface area contributed by atoms with Crippen LogP contribution in [0.2, 0.25) is 0 Å². The summed E-state index contributed by atoms with van der Waals surface area (Å²) in [5, 5.41) is 5.07. The highest BCUT2D eigenvalue weighted by Gasteiger charge is 2.57. The molecule has 190 valence electrons. The van der Waals surface area contributed by atoms with E-state index in [1.807, 2.05) is 0 Å². The van der Waals surface area contributed by atoms with E-state index in [1.54, 1.807) is 6.07 Å². The molecule has 0 bridgehead atoms. The summed E-state index contributed by atoms with van der Waals surface area (Å²) in [5.41, 5.74) is -1.03. The summed E-state index contributed by atoms with van der Waals surface area (Å²) in [6.45, 7) is -0.746. The second-order valence-corrected chi connectivity index (χ2v) is 9.42. The number of benzene rings is 2. The number of imide groups is 1. The number of carbonyl (C=O) groups excluding carboxylic acids is 4. The molecule has 8 nitrogen and oxygen atoms in total. The zero-order valence-corrected chi connectivity index (χ0v) is 20.2. The van der Waals surface area contributed by atoms with Gasteiger partial charge in [0.05, 0.1) is 6.42 Å². The molecule has 13 heteroatoms. The number of rotatable bonds is 5. The second-order valence-electron chi connectivity index (χ2n) is 8.51. The normalized spacial score (nSPS) is 20.2. The number of nitrogens with one attached hydrogen (secondary N) is 2. The molecule has 1 fully saturated rings. The Labute approximate surface area is 210 Å². The fourth-order valence-electron chi connectivity index (χ4n) is 4.22. The molecule has 2 aromatic carbocycles. The number of halogens is 5. The van der Waals surface area contributed by atoms with Crippen LogP contribution < -0.4 is 10.6 Å². The highest BCUT2D eigenvalue weighted by atomic mass is 79.9. The minimum Gasteiger partial charge on any atom is -0.326 e. The topological polar surface area (TPSA) is 98.8 Å². The molecule has 5 amide bonds. The zero-order chi connectivity index (χ0) is 26.4. The molecule has 4 rings (SSSR count). The van der Waals surface area contributed by atoms with Crippen LogP contribution in [-0.4, -0.2) is 52.3 Å². The molecule has 0 saturated carbocycles. The predicted molar refractivity (Wildman–Crippen MR) is 122 cm³/mol. The summed E-state index contributed by atoms with van der Waals surface area (Å²) in [6, 6.07) is 5.94. The van der Waals surface area contributed by atoms with Crippen molar-refractivity contribution in [3.63, 3.8) is 0 Å². The minimum absolute atomic E-state index is 0.220. The Kier molecular flexibility index (Phi) is 6.54. The van der Waals surface area contributed by atoms with E-state index < -0.39 is 66.8 Å². The third-order valence-corrected chi connectivity index (χ3v) is 6.63. The quantitative estimate of drug-likeness (QED) is 0.423. The minimum atomic E-state index is -4.80. The third-order valence-electron chi connectivity index (χ3n) is 6.14. The van der Waals surface area contributed by atoms with Crippen molar-refractivity contribution in [3.05, 3.63) is 63.9 Å². The number of urea groups is 1. The van der Waals surface area contributed by atoms with Crippen LogP contribution in [0.1, 0.15) is 24.5 Å². The highest BCUT2D eigenvalue weighted by molar-refractivity contribution is 9.10. The van der Waals surface area contributed by atoms with Gasteiger partial charge in [-0.2, -0.15) is 13.2 Å². The van der Waals surface area contributed by atoms with Crippen molar-refractivity contribution >= 4 is 45.4 Å². The first-order valence-electron chi connectivity index (χ1n) is 10.7. The van der Waals surface area contributed by atoms with Gasteiger partial charge in [0.15, 0.2) is 5.54 Å². The van der Waals surface area contributed by atoms with E-state index in [0.29, 0.717) is 14.3 Å². The number of anilines is 1. The lowest BCUT2D eigenvalue weighted by Gasteiger charge is -2.33. The maximum Gasteiger partial charge on any atom is 0.408 e. The number of amides is 5. The summed E-state index contributed by atoms with van der Waals surface area (Å²) in [5.74, 6) is -3.25. The van der Waals surface area contributed by atoms with Crippen molar-refractivity contribution < 1.29 is 36.7 Å². The van der Waals surface area contributed by atoms with E-state index in [1.165, 1.54) is 24.3 Å². The predicted octanol–water partition coefficient (Wildman–Crippen LogP) is 3.66. The summed E-state index contributed by atoms with van der Waals surface area (Å²) < 4.78 is 54.5. The van der Waals surface area contributed by atoms with Gasteiger partial charge in [0.1, 0.15) is 18.4 Å². The standard InChI is InChI=1S/C23H19BrF4N4O4/c1-12(23(26,27)28)31(10-13-2-5-15(25)6-3-13)19(34)11-32-20(35)22(30-21(32)36)9-18(33)29-17-8-14(24)4-7-16(17)22/h2-8,12H,9-11H2,1H3,(H,29,33)(H,30,36)/t12-,22?/m0/s1. The summed E-state index contributed by atoms with van der Waals surface area (Å²) >= 11 is 3.26. The summed E-state index contributed by atoms with van der Waals surface area (Å²) in [7, 11) is 0. The Morgan fingerprint density at radius 1 is 1.17 bits per heavy atom. The Hall–Kier alpha value is -3.48. The van der Waals surface area contributed by atoms with Crippen molar-refractivity contribution in [2.45, 2.75) is 37.6 Å². The first kappa shape index (κ1) is 25.6. The van der Waals surface area contributed by atoms with Crippen molar-refractivity contribution in [3.8, 4) is 0 Å². The third kappa shape index (κ3) is 4.66. The largest absolute Gasteiger partial charge is 0.408 e. The Balaban J connectivity index is 1.63. The van der Waals surface area contributed by atoms with Crippen molar-refractivity contribution in [2.24, 2.45) is 0 Å². The number of fused-ring (bicyclic) bond motifs is 2. The number of hydrogen-bond donors (Lipinski definition) is 2. The van der Waals surface area contributed by atoms with Gasteiger partial charge in [0.25, 0.3) is 5.91 Å². The number of hydrogen-bond acceptors (Lipinski definition) is 4. The van der Waals surface area contributed by atoms with Gasteiger partial charge in [0.2, 0.25) is 11.8 Å². The number of nitrogens with zero attached hydrogens (tertiary/aromatic N) is 2. The van der Waals surface area contributed by atoms with Crippen LogP contribution in [0.25, 0.3) is 0 Å². The molecule has 1 unspecified atom stereocenters. The van der Waals surface area contributed by atoms with E-state index in [0.717, 1.165) is 19.1 Å². The van der Waals surface area contributed by atoms with Gasteiger partial charge in [-0.1, -0.05) is 34.1 Å². The molecule has 2 atom stereocenters. The van der Waals surface area contributed by atoms with Gasteiger partial charge in [-0.05, 0) is 36.8 Å². The second kappa shape index (κ2) is 9.19. The fourth-order valence-corrected chi connectivity index (χ4v) is 4.59. The van der Waals surface area contributed by atoms with Gasteiger partial charge in [-0.3, -0.25) is 19.3 Å². The molecule has 2 aliphatic heterocycles. The summed E-state index contributed by atoms with van der Waals surface area (Å²) in [4.78, 5) is 52.6. The van der Waals surface area contributed by atoms with Gasteiger partial charge in [-0.25, -0.2) is 9.18 Å².